The molecule has 0 radical (unpaired) electrons. The quantitative estimate of drug-likeness (QED) is 0.860. The molecule has 0 aliphatic rings. The molecule has 0 atom stereocenters. The molecule has 0 saturated carbocycles. The van der Waals surface area contributed by atoms with Gasteiger partial charge >= 0.3 is 0 Å². The van der Waals surface area contributed by atoms with Crippen LogP contribution in [0.3, 0.4) is 0 Å². The second-order valence-corrected chi connectivity index (χ2v) is 6.33. The normalized spacial score (nSPS) is 11.8. The van der Waals surface area contributed by atoms with Crippen LogP contribution in [0.25, 0.3) is 10.2 Å². The Morgan fingerprint density at radius 1 is 1.44 bits per heavy atom. The van der Waals surface area contributed by atoms with Crippen LogP contribution in [0.5, 0.6) is 0 Å². The molecule has 2 rings (SSSR count). The highest BCUT2D eigenvalue weighted by Crippen LogP contribution is 2.24. The van der Waals surface area contributed by atoms with E-state index < -0.39 is 15.7 Å². The molecule has 5 nitrogen and oxygen atoms in total. The number of benzene rings is 1. The number of hydrogen-bond acceptors (Lipinski definition) is 5. The Bertz CT molecular complexity index is 673. The fraction of sp³-hybridized carbons (Fsp3) is 0.111. The fourth-order valence-corrected chi connectivity index (χ4v) is 2.82. The van der Waals surface area contributed by atoms with Crippen molar-refractivity contribution >= 4 is 37.3 Å². The minimum atomic E-state index is -3.24. The number of primary amides is 1. The van der Waals surface area contributed by atoms with E-state index in [4.69, 9.17) is 5.73 Å². The van der Waals surface area contributed by atoms with Crippen LogP contribution in [0, 0.1) is 0 Å². The zero-order chi connectivity index (χ0) is 11.9. The summed E-state index contributed by atoms with van der Waals surface area (Å²) in [4.78, 5) is 15.1. The van der Waals surface area contributed by atoms with E-state index in [2.05, 4.69) is 4.98 Å². The Morgan fingerprint density at radius 2 is 2.12 bits per heavy atom. The van der Waals surface area contributed by atoms with Gasteiger partial charge in [0.1, 0.15) is 0 Å². The molecule has 0 aliphatic carbocycles. The van der Waals surface area contributed by atoms with E-state index >= 15 is 0 Å². The number of aromatic nitrogens is 1. The third kappa shape index (κ3) is 1.91. The van der Waals surface area contributed by atoms with Crippen molar-refractivity contribution in [2.75, 3.05) is 6.26 Å². The lowest BCUT2D eigenvalue weighted by Crippen LogP contribution is -2.09. The lowest BCUT2D eigenvalue weighted by molar-refractivity contribution is 0.1000. The zero-order valence-electron chi connectivity index (χ0n) is 8.30. The summed E-state index contributed by atoms with van der Waals surface area (Å²) >= 11 is 1.09. The molecule has 1 aromatic heterocycles. The second kappa shape index (κ2) is 3.53. The molecule has 1 heterocycles. The van der Waals surface area contributed by atoms with Gasteiger partial charge in [-0.3, -0.25) is 4.79 Å². The third-order valence-electron chi connectivity index (χ3n) is 2.00. The summed E-state index contributed by atoms with van der Waals surface area (Å²) in [6.45, 7) is 0. The van der Waals surface area contributed by atoms with Crippen molar-refractivity contribution in [1.29, 1.82) is 0 Å². The van der Waals surface area contributed by atoms with Gasteiger partial charge in [0.2, 0.25) is 0 Å². The van der Waals surface area contributed by atoms with Crippen molar-refractivity contribution in [3.63, 3.8) is 0 Å². The molecule has 0 spiro atoms. The summed E-state index contributed by atoms with van der Waals surface area (Å²) in [7, 11) is -3.24. The van der Waals surface area contributed by atoms with Crippen molar-refractivity contribution in [3.8, 4) is 0 Å². The number of rotatable bonds is 2. The molecule has 16 heavy (non-hydrogen) atoms. The van der Waals surface area contributed by atoms with Crippen LogP contribution in [0.1, 0.15) is 9.80 Å². The highest BCUT2D eigenvalue weighted by Gasteiger charge is 2.12. The lowest BCUT2D eigenvalue weighted by atomic mass is 10.3. The van der Waals surface area contributed by atoms with Crippen molar-refractivity contribution in [2.45, 2.75) is 4.90 Å². The van der Waals surface area contributed by atoms with Crippen LogP contribution in [-0.2, 0) is 9.84 Å². The maximum absolute atomic E-state index is 11.3. The predicted molar refractivity (Wildman–Crippen MR) is 61.2 cm³/mol. The van der Waals surface area contributed by atoms with E-state index in [9.17, 15) is 13.2 Å². The van der Waals surface area contributed by atoms with Gasteiger partial charge in [-0.25, -0.2) is 13.4 Å². The summed E-state index contributed by atoms with van der Waals surface area (Å²) in [6.07, 6.45) is 1.13. The van der Waals surface area contributed by atoms with Gasteiger partial charge in [0.25, 0.3) is 5.91 Å². The first kappa shape index (κ1) is 11.0. The highest BCUT2D eigenvalue weighted by atomic mass is 32.2. The van der Waals surface area contributed by atoms with Gasteiger partial charge in [-0.05, 0) is 18.2 Å². The number of carbonyl (C=O) groups excluding carboxylic acids is 1. The number of hydrogen-bond donors (Lipinski definition) is 1. The molecule has 2 N–H and O–H groups in total. The summed E-state index contributed by atoms with van der Waals surface area (Å²) in [6, 6.07) is 4.52. The minimum Gasteiger partial charge on any atom is -0.364 e. The van der Waals surface area contributed by atoms with E-state index in [1.54, 1.807) is 6.07 Å². The van der Waals surface area contributed by atoms with Gasteiger partial charge in [0.15, 0.2) is 14.8 Å². The summed E-state index contributed by atoms with van der Waals surface area (Å²) in [5, 5.41) is 0.181. The van der Waals surface area contributed by atoms with Gasteiger partial charge in [-0.1, -0.05) is 0 Å². The smallest absolute Gasteiger partial charge is 0.277 e. The Labute approximate surface area is 95.8 Å². The monoisotopic (exact) mass is 256 g/mol. The van der Waals surface area contributed by atoms with E-state index in [1.807, 2.05) is 0 Å². The largest absolute Gasteiger partial charge is 0.364 e. The second-order valence-electron chi connectivity index (χ2n) is 3.28. The van der Waals surface area contributed by atoms with Gasteiger partial charge < -0.3 is 5.73 Å². The van der Waals surface area contributed by atoms with Crippen molar-refractivity contribution in [2.24, 2.45) is 5.73 Å². The van der Waals surface area contributed by atoms with Crippen molar-refractivity contribution in [3.05, 3.63) is 23.2 Å². The van der Waals surface area contributed by atoms with Crippen LogP contribution in [0.15, 0.2) is 23.1 Å². The first-order chi connectivity index (χ1) is 7.38. The Kier molecular flexibility index (Phi) is 2.43. The van der Waals surface area contributed by atoms with Crippen molar-refractivity contribution < 1.29 is 13.2 Å². The molecule has 0 saturated heterocycles. The number of fused-ring (bicyclic) bond motifs is 1. The highest BCUT2D eigenvalue weighted by molar-refractivity contribution is 7.90. The van der Waals surface area contributed by atoms with Gasteiger partial charge in [0.05, 0.1) is 15.1 Å². The molecule has 0 aliphatic heterocycles. The summed E-state index contributed by atoms with van der Waals surface area (Å²) < 4.78 is 23.3. The average molecular weight is 256 g/mol. The molecule has 0 unspecified atom stereocenters. The van der Waals surface area contributed by atoms with Crippen LogP contribution in [0.4, 0.5) is 0 Å². The predicted octanol–water partition coefficient (Wildman–Crippen LogP) is 0.799. The van der Waals surface area contributed by atoms with Gasteiger partial charge in [-0.2, -0.15) is 0 Å². The minimum absolute atomic E-state index is 0.181. The van der Waals surface area contributed by atoms with Gasteiger partial charge in [0, 0.05) is 6.26 Å². The first-order valence-corrected chi connectivity index (χ1v) is 6.99. The van der Waals surface area contributed by atoms with E-state index in [-0.39, 0.29) is 9.90 Å². The Hall–Kier alpha value is -1.47. The zero-order valence-corrected chi connectivity index (χ0v) is 9.93. The Balaban J connectivity index is 2.67. The molecular formula is C9H8N2O3S2. The molecule has 84 valence electrons. The maximum Gasteiger partial charge on any atom is 0.277 e. The van der Waals surface area contributed by atoms with Crippen LogP contribution >= 0.6 is 11.3 Å². The number of carbonyl (C=O) groups is 1. The van der Waals surface area contributed by atoms with Crippen molar-refractivity contribution in [1.82, 2.24) is 4.98 Å². The molecule has 2 aromatic rings. The molecule has 7 heteroatoms. The Morgan fingerprint density at radius 3 is 2.69 bits per heavy atom. The van der Waals surface area contributed by atoms with E-state index in [0.29, 0.717) is 10.2 Å². The molecule has 0 fully saturated rings. The molecule has 0 bridgehead atoms. The molecule has 1 aromatic carbocycles. The molecule has 1 amide bonds. The summed E-state index contributed by atoms with van der Waals surface area (Å²) in [5.41, 5.74) is 5.67. The third-order valence-corrected chi connectivity index (χ3v) is 4.14. The molecular weight excluding hydrogens is 248 g/mol. The van der Waals surface area contributed by atoms with Crippen LogP contribution in [0.2, 0.25) is 0 Å². The average Bonchev–Trinajstić information content (AvgIpc) is 2.58. The van der Waals surface area contributed by atoms with Crippen LogP contribution in [-0.4, -0.2) is 25.6 Å². The number of amides is 1. The fourth-order valence-electron chi connectivity index (χ4n) is 1.24. The SMILES string of the molecule is CS(=O)(=O)c1ccc2nc(C(N)=O)sc2c1. The van der Waals surface area contributed by atoms with E-state index in [1.165, 1.54) is 12.1 Å². The maximum atomic E-state index is 11.3. The number of nitrogens with zero attached hydrogens (tertiary/aromatic N) is 1. The van der Waals surface area contributed by atoms with E-state index in [0.717, 1.165) is 17.6 Å². The van der Waals surface area contributed by atoms with Gasteiger partial charge in [-0.15, -0.1) is 11.3 Å². The number of nitrogens with two attached hydrogens (primary N) is 1. The van der Waals surface area contributed by atoms with Crippen LogP contribution < -0.4 is 5.73 Å². The first-order valence-electron chi connectivity index (χ1n) is 4.28. The standard InChI is InChI=1S/C9H8N2O3S2/c1-16(13,14)5-2-3-6-7(4-5)15-9(11-6)8(10)12/h2-4H,1H3,(H2,10,12). The number of sulfone groups is 1. The topological polar surface area (TPSA) is 90.1 Å². The lowest BCUT2D eigenvalue weighted by Gasteiger charge is -1.96. The number of thiazole rings is 1. The summed E-state index contributed by atoms with van der Waals surface area (Å²) in [5.74, 6) is -0.609.